The van der Waals surface area contributed by atoms with Crippen molar-refractivity contribution in [1.29, 1.82) is 0 Å². The number of rotatable bonds is 1. The maximum atomic E-state index is 11.2. The first-order chi connectivity index (χ1) is 7.18. The second kappa shape index (κ2) is 4.18. The Morgan fingerprint density at radius 2 is 2.13 bits per heavy atom. The molecule has 1 fully saturated rings. The average molecular weight is 232 g/mol. The van der Waals surface area contributed by atoms with Crippen LogP contribution in [0.4, 0.5) is 0 Å². The third kappa shape index (κ3) is 2.11. The topological polar surface area (TPSA) is 87.0 Å². The van der Waals surface area contributed by atoms with Gasteiger partial charge in [0.2, 0.25) is 0 Å². The highest BCUT2D eigenvalue weighted by atomic mass is 35.5. The predicted octanol–water partition coefficient (Wildman–Crippen LogP) is -0.622. The minimum absolute atomic E-state index is 0.00222. The van der Waals surface area contributed by atoms with E-state index in [1.165, 1.54) is 0 Å². The normalized spacial score (nSPS) is 21.5. The minimum atomic E-state index is -0.581. The molecular weight excluding hydrogens is 222 g/mol. The molecule has 1 aromatic heterocycles. The van der Waals surface area contributed by atoms with Crippen LogP contribution in [-0.4, -0.2) is 29.7 Å². The van der Waals surface area contributed by atoms with Gasteiger partial charge in [0.25, 0.3) is 5.56 Å². The number of ether oxygens (including phenoxy) is 1. The first kappa shape index (κ1) is 10.4. The number of aromatic nitrogens is 2. The van der Waals surface area contributed by atoms with Gasteiger partial charge in [-0.15, -0.1) is 0 Å². The van der Waals surface area contributed by atoms with E-state index in [0.717, 1.165) is 0 Å². The Morgan fingerprint density at radius 3 is 2.80 bits per heavy atom. The third-order valence-electron chi connectivity index (χ3n) is 2.18. The Bertz CT molecular complexity index is 461. The highest BCUT2D eigenvalue weighted by Crippen LogP contribution is 2.17. The number of hydrogen-bond donors (Lipinski definition) is 3. The minimum Gasteiger partial charge on any atom is -0.378 e. The van der Waals surface area contributed by atoms with E-state index in [2.05, 4.69) is 15.3 Å². The highest BCUT2D eigenvalue weighted by molar-refractivity contribution is 6.31. The summed E-state index contributed by atoms with van der Waals surface area (Å²) in [6, 6.07) is -0.235. The highest BCUT2D eigenvalue weighted by Gasteiger charge is 2.20. The first-order valence-corrected chi connectivity index (χ1v) is 4.89. The molecule has 2 heterocycles. The van der Waals surface area contributed by atoms with Gasteiger partial charge < -0.3 is 15.0 Å². The molecule has 3 N–H and O–H groups in total. The number of aromatic amines is 2. The van der Waals surface area contributed by atoms with Crippen molar-refractivity contribution >= 4 is 11.6 Å². The Balaban J connectivity index is 2.42. The zero-order valence-corrected chi connectivity index (χ0v) is 8.56. The molecule has 0 spiro atoms. The van der Waals surface area contributed by atoms with E-state index in [9.17, 15) is 9.59 Å². The molecule has 1 aliphatic heterocycles. The maximum Gasteiger partial charge on any atom is 0.326 e. The van der Waals surface area contributed by atoms with Gasteiger partial charge >= 0.3 is 5.69 Å². The lowest BCUT2D eigenvalue weighted by molar-refractivity contribution is 0.0755. The van der Waals surface area contributed by atoms with Crippen LogP contribution < -0.4 is 16.6 Å². The summed E-state index contributed by atoms with van der Waals surface area (Å²) >= 11 is 5.79. The van der Waals surface area contributed by atoms with Crippen molar-refractivity contribution in [2.75, 3.05) is 19.8 Å². The molecule has 1 atom stereocenters. The van der Waals surface area contributed by atoms with Gasteiger partial charge in [-0.1, -0.05) is 11.6 Å². The predicted molar refractivity (Wildman–Crippen MR) is 54.3 cm³/mol. The molecule has 15 heavy (non-hydrogen) atoms. The molecule has 0 radical (unpaired) electrons. The van der Waals surface area contributed by atoms with E-state index in [4.69, 9.17) is 16.3 Å². The van der Waals surface area contributed by atoms with Crippen LogP contribution in [0.1, 0.15) is 11.7 Å². The van der Waals surface area contributed by atoms with Gasteiger partial charge in [0.1, 0.15) is 5.02 Å². The monoisotopic (exact) mass is 231 g/mol. The lowest BCUT2D eigenvalue weighted by atomic mass is 10.2. The molecule has 1 aliphatic rings. The molecule has 0 amide bonds. The molecule has 2 rings (SSSR count). The van der Waals surface area contributed by atoms with Gasteiger partial charge in [0, 0.05) is 6.54 Å². The summed E-state index contributed by atoms with van der Waals surface area (Å²) in [5.41, 5.74) is -0.764. The van der Waals surface area contributed by atoms with E-state index in [0.29, 0.717) is 25.5 Å². The standard InChI is InChI=1S/C8H10ClN3O3/c9-5-6(4-3-15-2-1-10-4)11-8(14)12-7(5)13/h4,10H,1-3H2,(H2,11,12,13,14). The maximum absolute atomic E-state index is 11.2. The molecule has 1 aromatic rings. The molecule has 0 saturated carbocycles. The number of morpholine rings is 1. The van der Waals surface area contributed by atoms with Gasteiger partial charge in [0.15, 0.2) is 0 Å². The van der Waals surface area contributed by atoms with Crippen molar-refractivity contribution in [3.63, 3.8) is 0 Å². The van der Waals surface area contributed by atoms with Gasteiger partial charge in [-0.2, -0.15) is 0 Å². The number of H-pyrrole nitrogens is 2. The number of nitrogens with one attached hydrogen (secondary N) is 3. The van der Waals surface area contributed by atoms with E-state index in [1.54, 1.807) is 0 Å². The molecule has 6 nitrogen and oxygen atoms in total. The van der Waals surface area contributed by atoms with Crippen LogP contribution in [0, 0.1) is 0 Å². The fourth-order valence-corrected chi connectivity index (χ4v) is 1.71. The second-order valence-corrected chi connectivity index (χ2v) is 3.60. The van der Waals surface area contributed by atoms with Crippen LogP contribution in [0.15, 0.2) is 9.59 Å². The van der Waals surface area contributed by atoms with Crippen molar-refractivity contribution in [1.82, 2.24) is 15.3 Å². The molecule has 7 heteroatoms. The summed E-state index contributed by atoms with van der Waals surface area (Å²) in [7, 11) is 0. The van der Waals surface area contributed by atoms with Crippen LogP contribution >= 0.6 is 11.6 Å². The fourth-order valence-electron chi connectivity index (χ4n) is 1.48. The van der Waals surface area contributed by atoms with Crippen molar-refractivity contribution in [2.45, 2.75) is 6.04 Å². The Hall–Kier alpha value is -1.11. The molecule has 0 bridgehead atoms. The summed E-state index contributed by atoms with van der Waals surface area (Å²) < 4.78 is 5.22. The summed E-state index contributed by atoms with van der Waals surface area (Å²) in [5, 5.41) is 3.10. The summed E-state index contributed by atoms with van der Waals surface area (Å²) in [5.74, 6) is 0. The summed E-state index contributed by atoms with van der Waals surface area (Å²) in [4.78, 5) is 26.8. The number of halogens is 1. The van der Waals surface area contributed by atoms with Crippen LogP contribution in [0.3, 0.4) is 0 Å². The van der Waals surface area contributed by atoms with Crippen molar-refractivity contribution < 1.29 is 4.74 Å². The van der Waals surface area contributed by atoms with E-state index < -0.39 is 11.2 Å². The largest absolute Gasteiger partial charge is 0.378 e. The van der Waals surface area contributed by atoms with Crippen LogP contribution in [0.2, 0.25) is 5.02 Å². The van der Waals surface area contributed by atoms with Crippen LogP contribution in [0.25, 0.3) is 0 Å². The van der Waals surface area contributed by atoms with E-state index in [-0.39, 0.29) is 11.1 Å². The Morgan fingerprint density at radius 1 is 1.33 bits per heavy atom. The van der Waals surface area contributed by atoms with Crippen molar-refractivity contribution in [3.8, 4) is 0 Å². The fraction of sp³-hybridized carbons (Fsp3) is 0.500. The first-order valence-electron chi connectivity index (χ1n) is 4.51. The lowest BCUT2D eigenvalue weighted by Gasteiger charge is -2.23. The van der Waals surface area contributed by atoms with Gasteiger partial charge in [-0.3, -0.25) is 9.78 Å². The third-order valence-corrected chi connectivity index (χ3v) is 2.56. The van der Waals surface area contributed by atoms with E-state index >= 15 is 0 Å². The van der Waals surface area contributed by atoms with Crippen LogP contribution in [0.5, 0.6) is 0 Å². The quantitative estimate of drug-likeness (QED) is 0.601. The molecule has 82 valence electrons. The molecule has 0 aliphatic carbocycles. The molecule has 1 saturated heterocycles. The SMILES string of the molecule is O=c1[nH]c(C2COCCN2)c(Cl)c(=O)[nH]1. The zero-order chi connectivity index (χ0) is 10.8. The smallest absolute Gasteiger partial charge is 0.326 e. The Kier molecular flexibility index (Phi) is 2.90. The Labute approximate surface area is 89.6 Å². The van der Waals surface area contributed by atoms with Gasteiger partial charge in [-0.25, -0.2) is 4.79 Å². The van der Waals surface area contributed by atoms with E-state index in [1.807, 2.05) is 0 Å². The van der Waals surface area contributed by atoms with Gasteiger partial charge in [-0.05, 0) is 0 Å². The average Bonchev–Trinajstić information content (AvgIpc) is 2.24. The molecular formula is C8H10ClN3O3. The summed E-state index contributed by atoms with van der Waals surface area (Å²) in [6.45, 7) is 1.66. The molecule has 1 unspecified atom stereocenters. The zero-order valence-electron chi connectivity index (χ0n) is 7.80. The van der Waals surface area contributed by atoms with Crippen LogP contribution in [-0.2, 0) is 4.74 Å². The van der Waals surface area contributed by atoms with Crippen molar-refractivity contribution in [3.05, 3.63) is 31.6 Å². The lowest BCUT2D eigenvalue weighted by Crippen LogP contribution is -2.38. The number of hydrogen-bond acceptors (Lipinski definition) is 4. The van der Waals surface area contributed by atoms with Gasteiger partial charge in [0.05, 0.1) is 24.9 Å². The molecule has 0 aromatic carbocycles. The second-order valence-electron chi connectivity index (χ2n) is 3.22. The van der Waals surface area contributed by atoms with Crippen molar-refractivity contribution in [2.24, 2.45) is 0 Å². The summed E-state index contributed by atoms with van der Waals surface area (Å²) in [6.07, 6.45) is 0.